The number of aromatic amines is 1. The molecule has 0 saturated carbocycles. The molecule has 180 valence electrons. The SMILES string of the molecule is COC(=O)c1ccc(C2c3[nH]c4ccccc4c3C[C@H]3C(=O)N(CCc4ccccc4)C(=O)N23)cc1. The molecule has 1 aromatic heterocycles. The summed E-state index contributed by atoms with van der Waals surface area (Å²) in [5, 5.41) is 1.06. The molecule has 1 saturated heterocycles. The van der Waals surface area contributed by atoms with Crippen molar-refractivity contribution in [1.82, 2.24) is 14.8 Å². The summed E-state index contributed by atoms with van der Waals surface area (Å²) in [6.45, 7) is 0.331. The molecule has 0 aliphatic carbocycles. The smallest absolute Gasteiger partial charge is 0.337 e. The Hall–Kier alpha value is -4.39. The molecule has 2 aliphatic heterocycles. The highest BCUT2D eigenvalue weighted by atomic mass is 16.5. The van der Waals surface area contributed by atoms with Crippen LogP contribution in [0.3, 0.4) is 0 Å². The molecule has 3 heterocycles. The average Bonchev–Trinajstić information content (AvgIpc) is 3.41. The van der Waals surface area contributed by atoms with Crippen LogP contribution < -0.4 is 0 Å². The molecule has 0 bridgehead atoms. The Morgan fingerprint density at radius 1 is 0.972 bits per heavy atom. The third-order valence-corrected chi connectivity index (χ3v) is 7.25. The van der Waals surface area contributed by atoms with Crippen LogP contribution in [0.1, 0.15) is 38.8 Å². The first kappa shape index (κ1) is 22.1. The molecule has 36 heavy (non-hydrogen) atoms. The molecule has 7 nitrogen and oxygen atoms in total. The van der Waals surface area contributed by atoms with Crippen molar-refractivity contribution in [3.05, 3.63) is 107 Å². The highest BCUT2D eigenvalue weighted by Crippen LogP contribution is 2.44. The summed E-state index contributed by atoms with van der Waals surface area (Å²) < 4.78 is 4.83. The summed E-state index contributed by atoms with van der Waals surface area (Å²) >= 11 is 0. The average molecular weight is 480 g/mol. The Kier molecular flexibility index (Phi) is 5.33. The lowest BCUT2D eigenvalue weighted by Gasteiger charge is -2.36. The van der Waals surface area contributed by atoms with E-state index in [-0.39, 0.29) is 11.9 Å². The van der Waals surface area contributed by atoms with E-state index >= 15 is 0 Å². The summed E-state index contributed by atoms with van der Waals surface area (Å²) in [7, 11) is 1.34. The minimum atomic E-state index is -0.578. The number of imide groups is 1. The second-order valence-electron chi connectivity index (χ2n) is 9.21. The van der Waals surface area contributed by atoms with Gasteiger partial charge in [0.2, 0.25) is 0 Å². The molecule has 4 aromatic rings. The molecule has 3 aromatic carbocycles. The van der Waals surface area contributed by atoms with Crippen LogP contribution in [-0.2, 0) is 22.4 Å². The number of nitrogens with one attached hydrogen (secondary N) is 1. The predicted molar refractivity (Wildman–Crippen MR) is 135 cm³/mol. The van der Waals surface area contributed by atoms with Crippen molar-refractivity contribution in [1.29, 1.82) is 0 Å². The first-order valence-electron chi connectivity index (χ1n) is 12.0. The van der Waals surface area contributed by atoms with Gasteiger partial charge >= 0.3 is 12.0 Å². The second-order valence-corrected chi connectivity index (χ2v) is 9.21. The zero-order chi connectivity index (χ0) is 24.8. The summed E-state index contributed by atoms with van der Waals surface area (Å²) in [4.78, 5) is 45.9. The maximum atomic E-state index is 13.7. The van der Waals surface area contributed by atoms with Crippen molar-refractivity contribution in [2.45, 2.75) is 24.9 Å². The van der Waals surface area contributed by atoms with Crippen LogP contribution in [0.4, 0.5) is 4.79 Å². The van der Waals surface area contributed by atoms with Gasteiger partial charge in [-0.1, -0.05) is 60.7 Å². The molecule has 2 aliphatic rings. The van der Waals surface area contributed by atoms with E-state index in [2.05, 4.69) is 4.98 Å². The fourth-order valence-electron chi connectivity index (χ4n) is 5.49. The Morgan fingerprint density at radius 3 is 2.44 bits per heavy atom. The van der Waals surface area contributed by atoms with E-state index in [1.165, 1.54) is 12.0 Å². The number of benzene rings is 3. The van der Waals surface area contributed by atoms with Gasteiger partial charge in [0.1, 0.15) is 12.1 Å². The van der Waals surface area contributed by atoms with Gasteiger partial charge in [-0.15, -0.1) is 0 Å². The van der Waals surface area contributed by atoms with Gasteiger partial charge in [-0.3, -0.25) is 14.6 Å². The number of urea groups is 1. The quantitative estimate of drug-likeness (QED) is 0.338. The Morgan fingerprint density at radius 2 is 1.69 bits per heavy atom. The van der Waals surface area contributed by atoms with Crippen molar-refractivity contribution in [3.63, 3.8) is 0 Å². The molecule has 0 spiro atoms. The van der Waals surface area contributed by atoms with E-state index in [1.54, 1.807) is 17.0 Å². The number of fused-ring (bicyclic) bond motifs is 4. The normalized spacial score (nSPS) is 18.9. The van der Waals surface area contributed by atoms with Crippen LogP contribution in [0.25, 0.3) is 10.9 Å². The number of amides is 3. The topological polar surface area (TPSA) is 82.7 Å². The number of esters is 1. The van der Waals surface area contributed by atoms with Crippen LogP contribution in [-0.4, -0.2) is 52.4 Å². The third-order valence-electron chi connectivity index (χ3n) is 7.25. The van der Waals surface area contributed by atoms with Crippen LogP contribution >= 0.6 is 0 Å². The number of carbonyl (C=O) groups is 3. The number of ether oxygens (including phenoxy) is 1. The standard InChI is InChI=1S/C29H25N3O4/c1-36-28(34)20-13-11-19(12-14-20)26-25-22(21-9-5-6-10-23(21)30-25)17-24-27(33)31(29(35)32(24)26)16-15-18-7-3-2-4-8-18/h2-14,24,26,30H,15-17H2,1H3/t24-,26?/m0/s1. The van der Waals surface area contributed by atoms with E-state index in [0.717, 1.165) is 33.3 Å². The molecule has 3 amide bonds. The van der Waals surface area contributed by atoms with Gasteiger partial charge in [0.15, 0.2) is 0 Å². The van der Waals surface area contributed by atoms with Gasteiger partial charge in [-0.2, -0.15) is 0 Å². The predicted octanol–water partition coefficient (Wildman–Crippen LogP) is 4.48. The van der Waals surface area contributed by atoms with Crippen molar-refractivity contribution in [2.24, 2.45) is 0 Å². The van der Waals surface area contributed by atoms with E-state index in [0.29, 0.717) is 24.9 Å². The lowest BCUT2D eigenvalue weighted by atomic mass is 9.88. The number of rotatable bonds is 5. The van der Waals surface area contributed by atoms with Crippen LogP contribution in [0.5, 0.6) is 0 Å². The largest absolute Gasteiger partial charge is 0.465 e. The van der Waals surface area contributed by atoms with Crippen LogP contribution in [0.15, 0.2) is 78.9 Å². The summed E-state index contributed by atoms with van der Waals surface area (Å²) in [5.41, 5.74) is 5.27. The fourth-order valence-corrected chi connectivity index (χ4v) is 5.49. The highest BCUT2D eigenvalue weighted by molar-refractivity contribution is 6.05. The molecule has 1 unspecified atom stereocenters. The van der Waals surface area contributed by atoms with Crippen molar-refractivity contribution in [2.75, 3.05) is 13.7 Å². The lowest BCUT2D eigenvalue weighted by molar-refractivity contribution is -0.128. The van der Waals surface area contributed by atoms with Gasteiger partial charge in [-0.05, 0) is 41.3 Å². The van der Waals surface area contributed by atoms with Gasteiger partial charge in [0, 0.05) is 29.6 Å². The number of nitrogens with zero attached hydrogens (tertiary/aromatic N) is 2. The first-order valence-corrected chi connectivity index (χ1v) is 12.0. The van der Waals surface area contributed by atoms with Gasteiger partial charge in [0.05, 0.1) is 12.7 Å². The fraction of sp³-hybridized carbons (Fsp3) is 0.207. The van der Waals surface area contributed by atoms with Crippen molar-refractivity contribution in [3.8, 4) is 0 Å². The van der Waals surface area contributed by atoms with E-state index in [4.69, 9.17) is 4.74 Å². The van der Waals surface area contributed by atoms with Crippen molar-refractivity contribution < 1.29 is 19.1 Å². The van der Waals surface area contributed by atoms with E-state index < -0.39 is 18.1 Å². The van der Waals surface area contributed by atoms with Gasteiger partial charge in [0.25, 0.3) is 5.91 Å². The van der Waals surface area contributed by atoms with Crippen LogP contribution in [0.2, 0.25) is 0 Å². The molecule has 1 N–H and O–H groups in total. The second kappa shape index (κ2) is 8.68. The highest BCUT2D eigenvalue weighted by Gasteiger charge is 2.52. The zero-order valence-corrected chi connectivity index (χ0v) is 19.8. The summed E-state index contributed by atoms with van der Waals surface area (Å²) in [5.74, 6) is -0.586. The first-order chi connectivity index (χ1) is 17.6. The maximum Gasteiger partial charge on any atom is 0.337 e. The molecule has 7 heteroatoms. The third kappa shape index (κ3) is 3.47. The molecule has 6 rings (SSSR count). The maximum absolute atomic E-state index is 13.7. The summed E-state index contributed by atoms with van der Waals surface area (Å²) in [6, 6.07) is 23.6. The van der Waals surface area contributed by atoms with E-state index in [9.17, 15) is 14.4 Å². The minimum Gasteiger partial charge on any atom is -0.465 e. The summed E-state index contributed by atoms with van der Waals surface area (Å²) in [6.07, 6.45) is 1.06. The Balaban J connectivity index is 1.41. The molecule has 1 fully saturated rings. The minimum absolute atomic E-state index is 0.164. The van der Waals surface area contributed by atoms with Gasteiger partial charge < -0.3 is 9.72 Å². The monoisotopic (exact) mass is 479 g/mol. The number of methoxy groups -OCH3 is 1. The number of aromatic nitrogens is 1. The Bertz CT molecular complexity index is 1480. The number of H-pyrrole nitrogens is 1. The lowest BCUT2D eigenvalue weighted by Crippen LogP contribution is -2.44. The molecule has 2 atom stereocenters. The molecular weight excluding hydrogens is 454 g/mol. The van der Waals surface area contributed by atoms with Crippen LogP contribution in [0, 0.1) is 0 Å². The Labute approximate surface area is 208 Å². The number of para-hydroxylation sites is 1. The number of hydrogen-bond donors (Lipinski definition) is 1. The zero-order valence-electron chi connectivity index (χ0n) is 19.8. The molecular formula is C29H25N3O4. The molecule has 0 radical (unpaired) electrons. The van der Waals surface area contributed by atoms with E-state index in [1.807, 2.05) is 66.7 Å². The van der Waals surface area contributed by atoms with Gasteiger partial charge in [-0.25, -0.2) is 9.59 Å². The van der Waals surface area contributed by atoms with Crippen molar-refractivity contribution >= 4 is 28.8 Å². The number of carbonyl (C=O) groups excluding carboxylic acids is 3. The number of hydrogen-bond acceptors (Lipinski definition) is 4.